The number of ether oxygens (including phenoxy) is 1. The average Bonchev–Trinajstić information content (AvgIpc) is 2.33. The van der Waals surface area contributed by atoms with E-state index in [1.54, 1.807) is 0 Å². The molecule has 5 heteroatoms. The van der Waals surface area contributed by atoms with Crippen LogP contribution >= 0.6 is 15.9 Å². The molecule has 4 nitrogen and oxygen atoms in total. The maximum absolute atomic E-state index is 10.7. The van der Waals surface area contributed by atoms with E-state index in [0.717, 1.165) is 17.6 Å². The van der Waals surface area contributed by atoms with Crippen LogP contribution in [0.25, 0.3) is 0 Å². The Balaban J connectivity index is 1.94. The zero-order valence-electron chi connectivity index (χ0n) is 10.9. The van der Waals surface area contributed by atoms with Gasteiger partial charge >= 0.3 is 5.97 Å². The van der Waals surface area contributed by atoms with E-state index in [4.69, 9.17) is 9.84 Å². The molecule has 0 aromatic heterocycles. The average molecular weight is 328 g/mol. The van der Waals surface area contributed by atoms with Crippen LogP contribution < -0.4 is 0 Å². The third kappa shape index (κ3) is 4.30. The predicted molar refractivity (Wildman–Crippen MR) is 76.1 cm³/mol. The number of hydrogen-bond donors (Lipinski definition) is 1. The number of morpholine rings is 1. The van der Waals surface area contributed by atoms with Gasteiger partial charge in [-0.05, 0) is 24.1 Å². The highest BCUT2D eigenvalue weighted by Gasteiger charge is 2.22. The quantitative estimate of drug-likeness (QED) is 0.922. The van der Waals surface area contributed by atoms with Crippen LogP contribution in [0.1, 0.15) is 17.5 Å². The molecular weight excluding hydrogens is 310 g/mol. The van der Waals surface area contributed by atoms with E-state index in [-0.39, 0.29) is 12.5 Å². The number of halogens is 1. The number of benzene rings is 1. The second kappa shape index (κ2) is 6.50. The van der Waals surface area contributed by atoms with Gasteiger partial charge in [-0.25, -0.2) is 0 Å². The Morgan fingerprint density at radius 1 is 1.58 bits per heavy atom. The minimum Gasteiger partial charge on any atom is -0.481 e. The van der Waals surface area contributed by atoms with Crippen LogP contribution in [0.2, 0.25) is 0 Å². The summed E-state index contributed by atoms with van der Waals surface area (Å²) in [6, 6.07) is 6.33. The lowest BCUT2D eigenvalue weighted by Gasteiger charge is -2.32. The Kier molecular flexibility index (Phi) is 4.96. The van der Waals surface area contributed by atoms with Gasteiger partial charge in [-0.2, -0.15) is 0 Å². The summed E-state index contributed by atoms with van der Waals surface area (Å²) in [5.74, 6) is -0.801. The van der Waals surface area contributed by atoms with Gasteiger partial charge in [0, 0.05) is 24.1 Å². The molecule has 1 unspecified atom stereocenters. The van der Waals surface area contributed by atoms with Crippen molar-refractivity contribution in [3.8, 4) is 0 Å². The van der Waals surface area contributed by atoms with Crippen LogP contribution in [0.4, 0.5) is 0 Å². The zero-order chi connectivity index (χ0) is 13.8. The van der Waals surface area contributed by atoms with Crippen molar-refractivity contribution >= 4 is 21.9 Å². The molecule has 0 bridgehead atoms. The summed E-state index contributed by atoms with van der Waals surface area (Å²) in [5, 5.41) is 8.80. The van der Waals surface area contributed by atoms with Crippen molar-refractivity contribution < 1.29 is 14.6 Å². The van der Waals surface area contributed by atoms with Crippen LogP contribution in [-0.2, 0) is 16.1 Å². The van der Waals surface area contributed by atoms with E-state index >= 15 is 0 Å². The van der Waals surface area contributed by atoms with Crippen LogP contribution in [0.15, 0.2) is 22.7 Å². The third-order valence-electron chi connectivity index (χ3n) is 3.27. The largest absolute Gasteiger partial charge is 0.481 e. The first kappa shape index (κ1) is 14.5. The maximum Gasteiger partial charge on any atom is 0.306 e. The van der Waals surface area contributed by atoms with Gasteiger partial charge in [0.05, 0.1) is 19.1 Å². The molecule has 1 fully saturated rings. The Hall–Kier alpha value is -0.910. The summed E-state index contributed by atoms with van der Waals surface area (Å²) < 4.78 is 6.58. The summed E-state index contributed by atoms with van der Waals surface area (Å²) in [7, 11) is 0. The molecule has 0 spiro atoms. The summed E-state index contributed by atoms with van der Waals surface area (Å²) in [5.41, 5.74) is 2.45. The molecule has 0 amide bonds. The van der Waals surface area contributed by atoms with Crippen LogP contribution in [-0.4, -0.2) is 41.8 Å². The first-order chi connectivity index (χ1) is 9.04. The predicted octanol–water partition coefficient (Wildman–Crippen LogP) is 2.43. The van der Waals surface area contributed by atoms with Gasteiger partial charge < -0.3 is 9.84 Å². The van der Waals surface area contributed by atoms with E-state index in [0.29, 0.717) is 13.2 Å². The van der Waals surface area contributed by atoms with Crippen LogP contribution in [0.5, 0.6) is 0 Å². The van der Waals surface area contributed by atoms with Crippen LogP contribution in [0.3, 0.4) is 0 Å². The lowest BCUT2D eigenvalue weighted by molar-refractivity contribution is -0.142. The molecule has 1 aromatic rings. The molecule has 1 aliphatic rings. The number of nitrogens with zero attached hydrogens (tertiary/aromatic N) is 1. The minimum absolute atomic E-state index is 0.0775. The van der Waals surface area contributed by atoms with Gasteiger partial charge in [-0.3, -0.25) is 9.69 Å². The normalized spacial score (nSPS) is 20.4. The molecule has 1 aliphatic heterocycles. The van der Waals surface area contributed by atoms with Crippen molar-refractivity contribution in [2.75, 3.05) is 19.7 Å². The summed E-state index contributed by atoms with van der Waals surface area (Å²) in [6.07, 6.45) is -0.117. The van der Waals surface area contributed by atoms with Crippen molar-refractivity contribution in [3.63, 3.8) is 0 Å². The van der Waals surface area contributed by atoms with E-state index in [1.165, 1.54) is 11.1 Å². The van der Waals surface area contributed by atoms with E-state index in [1.807, 2.05) is 0 Å². The van der Waals surface area contributed by atoms with E-state index in [2.05, 4.69) is 46.0 Å². The Bertz CT molecular complexity index is 464. The van der Waals surface area contributed by atoms with Crippen LogP contribution in [0, 0.1) is 6.92 Å². The van der Waals surface area contributed by atoms with Gasteiger partial charge in [0.25, 0.3) is 0 Å². The molecule has 104 valence electrons. The van der Waals surface area contributed by atoms with Crippen molar-refractivity contribution in [1.82, 2.24) is 4.90 Å². The Morgan fingerprint density at radius 2 is 2.37 bits per heavy atom. The highest BCUT2D eigenvalue weighted by atomic mass is 79.9. The molecule has 0 aliphatic carbocycles. The highest BCUT2D eigenvalue weighted by Crippen LogP contribution is 2.19. The summed E-state index contributed by atoms with van der Waals surface area (Å²) in [4.78, 5) is 13.0. The second-order valence-corrected chi connectivity index (χ2v) is 5.76. The molecule has 0 radical (unpaired) electrons. The molecule has 1 aromatic carbocycles. The Morgan fingerprint density at radius 3 is 3.05 bits per heavy atom. The standard InChI is InChI=1S/C14H18BrNO3/c1-10-2-3-11(6-13(10)15)8-16-4-5-19-12(9-16)7-14(17)18/h2-3,6,12H,4-5,7-9H2,1H3,(H,17,18). The van der Waals surface area contributed by atoms with Crippen molar-refractivity contribution in [1.29, 1.82) is 0 Å². The lowest BCUT2D eigenvalue weighted by atomic mass is 10.1. The number of rotatable bonds is 4. The SMILES string of the molecule is Cc1ccc(CN2CCOC(CC(=O)O)C2)cc1Br. The number of aryl methyl sites for hydroxylation is 1. The minimum atomic E-state index is -0.801. The van der Waals surface area contributed by atoms with Crippen molar-refractivity contribution in [2.45, 2.75) is 26.0 Å². The van der Waals surface area contributed by atoms with Crippen molar-refractivity contribution in [3.05, 3.63) is 33.8 Å². The second-order valence-electron chi connectivity index (χ2n) is 4.91. The summed E-state index contributed by atoms with van der Waals surface area (Å²) in [6.45, 7) is 5.02. The first-order valence-electron chi connectivity index (χ1n) is 6.35. The fraction of sp³-hybridized carbons (Fsp3) is 0.500. The summed E-state index contributed by atoms with van der Waals surface area (Å²) >= 11 is 3.53. The van der Waals surface area contributed by atoms with E-state index in [9.17, 15) is 4.79 Å². The first-order valence-corrected chi connectivity index (χ1v) is 7.14. The number of carboxylic acids is 1. The van der Waals surface area contributed by atoms with Gasteiger partial charge in [0.15, 0.2) is 0 Å². The van der Waals surface area contributed by atoms with Gasteiger partial charge in [-0.15, -0.1) is 0 Å². The molecule has 2 rings (SSSR count). The Labute approximate surface area is 121 Å². The number of carbonyl (C=O) groups is 1. The van der Waals surface area contributed by atoms with E-state index < -0.39 is 5.97 Å². The number of carboxylic acid groups (broad SMARTS) is 1. The van der Waals surface area contributed by atoms with Gasteiger partial charge in [-0.1, -0.05) is 28.1 Å². The smallest absolute Gasteiger partial charge is 0.306 e. The lowest BCUT2D eigenvalue weighted by Crippen LogP contribution is -2.42. The number of aliphatic carboxylic acids is 1. The van der Waals surface area contributed by atoms with Gasteiger partial charge in [0.2, 0.25) is 0 Å². The van der Waals surface area contributed by atoms with Crippen molar-refractivity contribution in [2.24, 2.45) is 0 Å². The fourth-order valence-corrected chi connectivity index (χ4v) is 2.66. The van der Waals surface area contributed by atoms with Gasteiger partial charge in [0.1, 0.15) is 0 Å². The fourth-order valence-electron chi connectivity index (χ4n) is 2.24. The molecule has 19 heavy (non-hydrogen) atoms. The zero-order valence-corrected chi connectivity index (χ0v) is 12.5. The molecule has 1 saturated heterocycles. The molecule has 0 saturated carbocycles. The third-order valence-corrected chi connectivity index (χ3v) is 4.12. The molecular formula is C14H18BrNO3. The molecule has 1 N–H and O–H groups in total. The topological polar surface area (TPSA) is 49.8 Å². The molecule has 1 heterocycles. The monoisotopic (exact) mass is 327 g/mol. The highest BCUT2D eigenvalue weighted by molar-refractivity contribution is 9.10. The maximum atomic E-state index is 10.7. The number of hydrogen-bond acceptors (Lipinski definition) is 3. The molecule has 1 atom stereocenters.